The molecule has 0 aromatic heterocycles. The van der Waals surface area contributed by atoms with Crippen LogP contribution in [-0.4, -0.2) is 28.5 Å². The molecule has 0 unspecified atom stereocenters. The van der Waals surface area contributed by atoms with Crippen molar-refractivity contribution in [2.45, 2.75) is 57.6 Å². The van der Waals surface area contributed by atoms with E-state index in [1.165, 1.54) is 12.1 Å². The van der Waals surface area contributed by atoms with Gasteiger partial charge in [-0.1, -0.05) is 30.3 Å². The van der Waals surface area contributed by atoms with Crippen molar-refractivity contribution in [1.29, 1.82) is 0 Å². The van der Waals surface area contributed by atoms with Crippen LogP contribution in [0.1, 0.15) is 61.1 Å². The Morgan fingerprint density at radius 3 is 2.09 bits per heavy atom. The van der Waals surface area contributed by atoms with Gasteiger partial charge >= 0.3 is 0 Å². The van der Waals surface area contributed by atoms with Crippen molar-refractivity contribution in [1.82, 2.24) is 4.90 Å². The molecule has 3 aromatic carbocycles. The summed E-state index contributed by atoms with van der Waals surface area (Å²) >= 11 is 3.67. The van der Waals surface area contributed by atoms with Gasteiger partial charge in [0.05, 0.1) is 16.5 Å². The van der Waals surface area contributed by atoms with Crippen LogP contribution in [0.25, 0.3) is 0 Å². The maximum absolute atomic E-state index is 13.7. The van der Waals surface area contributed by atoms with Crippen molar-refractivity contribution in [3.63, 3.8) is 0 Å². The Morgan fingerprint density at radius 1 is 0.884 bits per heavy atom. The first-order valence-electron chi connectivity index (χ1n) is 14.4. The molecule has 0 saturated carbocycles. The van der Waals surface area contributed by atoms with Crippen LogP contribution in [0.4, 0.5) is 5.69 Å². The van der Waals surface area contributed by atoms with E-state index in [9.17, 15) is 19.7 Å². The van der Waals surface area contributed by atoms with Crippen LogP contribution in [0.3, 0.4) is 0 Å². The van der Waals surface area contributed by atoms with Crippen LogP contribution in [-0.2, 0) is 22.7 Å². The van der Waals surface area contributed by atoms with Crippen LogP contribution in [0.5, 0.6) is 11.5 Å². The maximum Gasteiger partial charge on any atom is 0.269 e. The standard InChI is InChI=1S/C34H31BrN2O6/c1-42-30-18-23(17-25(35)34(30)43-20-22-13-15-24(16-14-22)37(40)41)31-32-26(9-5-11-28(32)38)36(19-21-7-3-2-4-8-21)27-10-6-12-29(39)33(27)31/h2-4,7-8,13-18,31H,5-6,9-12,19-20H2,1H3. The summed E-state index contributed by atoms with van der Waals surface area (Å²) in [6, 6.07) is 20.2. The highest BCUT2D eigenvalue weighted by atomic mass is 79.9. The summed E-state index contributed by atoms with van der Waals surface area (Å²) < 4.78 is 12.5. The van der Waals surface area contributed by atoms with E-state index in [1.54, 1.807) is 19.2 Å². The van der Waals surface area contributed by atoms with Crippen molar-refractivity contribution >= 4 is 33.2 Å². The van der Waals surface area contributed by atoms with Crippen LogP contribution in [0.15, 0.2) is 93.7 Å². The van der Waals surface area contributed by atoms with E-state index in [0.717, 1.165) is 53.8 Å². The zero-order valence-corrected chi connectivity index (χ0v) is 25.4. The molecule has 220 valence electrons. The summed E-state index contributed by atoms with van der Waals surface area (Å²) in [5.74, 6) is 0.630. The zero-order valence-electron chi connectivity index (χ0n) is 23.8. The molecule has 43 heavy (non-hydrogen) atoms. The number of methoxy groups -OCH3 is 1. The number of carbonyl (C=O) groups excluding carboxylic acids is 2. The smallest absolute Gasteiger partial charge is 0.269 e. The molecule has 9 heteroatoms. The number of ketones is 2. The Morgan fingerprint density at radius 2 is 1.51 bits per heavy atom. The predicted octanol–water partition coefficient (Wildman–Crippen LogP) is 7.56. The molecule has 0 N–H and O–H groups in total. The quantitative estimate of drug-likeness (QED) is 0.185. The van der Waals surface area contributed by atoms with Crippen LogP contribution < -0.4 is 9.47 Å². The van der Waals surface area contributed by atoms with E-state index in [1.807, 2.05) is 30.3 Å². The van der Waals surface area contributed by atoms with Gasteiger partial charge < -0.3 is 14.4 Å². The lowest BCUT2D eigenvalue weighted by atomic mass is 9.71. The summed E-state index contributed by atoms with van der Waals surface area (Å²) in [6.45, 7) is 0.792. The van der Waals surface area contributed by atoms with Crippen LogP contribution >= 0.6 is 15.9 Å². The third-order valence-electron chi connectivity index (χ3n) is 8.39. The average Bonchev–Trinajstić information content (AvgIpc) is 3.01. The number of hydrogen-bond donors (Lipinski definition) is 0. The van der Waals surface area contributed by atoms with Gasteiger partial charge in [-0.2, -0.15) is 0 Å². The average molecular weight is 644 g/mol. The van der Waals surface area contributed by atoms with Crippen molar-refractivity contribution in [2.24, 2.45) is 0 Å². The second-order valence-corrected chi connectivity index (χ2v) is 11.9. The molecular formula is C34H31BrN2O6. The van der Waals surface area contributed by atoms with Gasteiger partial charge in [-0.05, 0) is 82.6 Å². The Balaban J connectivity index is 1.40. The topological polar surface area (TPSA) is 99.0 Å². The molecule has 2 aliphatic carbocycles. The minimum atomic E-state index is -0.480. The normalized spacial score (nSPS) is 17.1. The van der Waals surface area contributed by atoms with Crippen molar-refractivity contribution in [3.05, 3.63) is 121 Å². The molecule has 3 aromatic rings. The predicted molar refractivity (Wildman–Crippen MR) is 165 cm³/mol. The van der Waals surface area contributed by atoms with Crippen molar-refractivity contribution in [3.8, 4) is 11.5 Å². The summed E-state index contributed by atoms with van der Waals surface area (Å²) in [5.41, 5.74) is 6.18. The Bertz CT molecular complexity index is 1620. The molecule has 6 rings (SSSR count). The third-order valence-corrected chi connectivity index (χ3v) is 8.97. The molecule has 0 radical (unpaired) electrons. The number of non-ortho nitro benzene ring substituents is 1. The molecule has 0 fully saturated rings. The third kappa shape index (κ3) is 5.61. The zero-order chi connectivity index (χ0) is 30.1. The fourth-order valence-corrected chi connectivity index (χ4v) is 7.00. The fraction of sp³-hybridized carbons (Fsp3) is 0.294. The number of nitrogens with zero attached hydrogens (tertiary/aromatic N) is 2. The lowest BCUT2D eigenvalue weighted by molar-refractivity contribution is -0.384. The number of Topliss-reactive ketones (excluding diaryl/α,β-unsaturated/α-hetero) is 2. The Kier molecular flexibility index (Phi) is 8.17. The molecule has 1 heterocycles. The number of nitro groups is 1. The number of halogens is 1. The molecule has 0 spiro atoms. The van der Waals surface area contributed by atoms with Gasteiger partial charge in [0.2, 0.25) is 0 Å². The van der Waals surface area contributed by atoms with Gasteiger partial charge in [-0.25, -0.2) is 0 Å². The van der Waals surface area contributed by atoms with Crippen molar-refractivity contribution < 1.29 is 24.0 Å². The number of nitro benzene ring substituents is 1. The summed E-state index contributed by atoms with van der Waals surface area (Å²) in [4.78, 5) is 40.2. The molecule has 0 amide bonds. The largest absolute Gasteiger partial charge is 0.493 e. The van der Waals surface area contributed by atoms with Crippen LogP contribution in [0.2, 0.25) is 0 Å². The lowest BCUT2D eigenvalue weighted by Gasteiger charge is -2.44. The molecule has 1 aliphatic heterocycles. The highest BCUT2D eigenvalue weighted by Gasteiger charge is 2.43. The summed E-state index contributed by atoms with van der Waals surface area (Å²) in [7, 11) is 1.56. The van der Waals surface area contributed by atoms with E-state index in [4.69, 9.17) is 9.47 Å². The molecule has 0 saturated heterocycles. The summed E-state index contributed by atoms with van der Waals surface area (Å²) in [6.07, 6.45) is 4.05. The molecule has 0 atom stereocenters. The number of allylic oxidation sites excluding steroid dienone is 4. The van der Waals surface area contributed by atoms with Crippen molar-refractivity contribution in [2.75, 3.05) is 7.11 Å². The number of hydrogen-bond acceptors (Lipinski definition) is 7. The van der Waals surface area contributed by atoms with Gasteiger partial charge in [0.25, 0.3) is 5.69 Å². The first kappa shape index (κ1) is 28.9. The van der Waals surface area contributed by atoms with E-state index in [2.05, 4.69) is 33.0 Å². The fourth-order valence-electron chi connectivity index (χ4n) is 6.42. The molecular weight excluding hydrogens is 612 g/mol. The summed E-state index contributed by atoms with van der Waals surface area (Å²) in [5, 5.41) is 11.0. The second kappa shape index (κ2) is 12.2. The second-order valence-electron chi connectivity index (χ2n) is 11.0. The maximum atomic E-state index is 13.7. The van der Waals surface area contributed by atoms with Gasteiger partial charge in [-0.3, -0.25) is 19.7 Å². The highest BCUT2D eigenvalue weighted by Crippen LogP contribution is 2.51. The first-order valence-corrected chi connectivity index (χ1v) is 15.2. The van der Waals surface area contributed by atoms with Crippen LogP contribution in [0, 0.1) is 10.1 Å². The van der Waals surface area contributed by atoms with Gasteiger partial charge in [0.1, 0.15) is 6.61 Å². The Hall–Kier alpha value is -4.24. The lowest BCUT2D eigenvalue weighted by Crippen LogP contribution is -2.38. The minimum absolute atomic E-state index is 0.0125. The van der Waals surface area contributed by atoms with E-state index < -0.39 is 10.8 Å². The monoisotopic (exact) mass is 642 g/mol. The number of benzene rings is 3. The van der Waals surface area contributed by atoms with Gasteiger partial charge in [0, 0.05) is 60.0 Å². The molecule has 8 nitrogen and oxygen atoms in total. The first-order chi connectivity index (χ1) is 20.9. The number of ether oxygens (including phenoxy) is 2. The van der Waals surface area contributed by atoms with E-state index >= 15 is 0 Å². The van der Waals surface area contributed by atoms with E-state index in [-0.39, 0.29) is 23.9 Å². The highest BCUT2D eigenvalue weighted by molar-refractivity contribution is 9.10. The minimum Gasteiger partial charge on any atom is -0.493 e. The SMILES string of the molecule is COc1cc(C2C3=C(CCCC3=O)N(Cc3ccccc3)C3=C2C(=O)CCC3)cc(Br)c1OCc1ccc([N+](=O)[O-])cc1. The van der Waals surface area contributed by atoms with Gasteiger partial charge in [0.15, 0.2) is 23.1 Å². The molecule has 3 aliphatic rings. The number of carbonyl (C=O) groups is 2. The van der Waals surface area contributed by atoms with Gasteiger partial charge in [-0.15, -0.1) is 0 Å². The van der Waals surface area contributed by atoms with E-state index in [0.29, 0.717) is 46.5 Å². The molecule has 0 bridgehead atoms. The number of rotatable bonds is 8. The Labute approximate surface area is 258 Å².